The number of carbonyl (C=O) groups excluding carboxylic acids is 3. The van der Waals surface area contributed by atoms with Crippen LogP contribution in [0.15, 0.2) is 36.5 Å². The van der Waals surface area contributed by atoms with Gasteiger partial charge in [0.25, 0.3) is 0 Å². The SMILES string of the molecule is C[C@H](C(=O)Nc1ccccn1)N1C(=O)[C@@H]2[C@@H](C1=O)[C@H]1C=C[C@H]2CC1. The zero-order valence-corrected chi connectivity index (χ0v) is 13.4. The molecule has 2 heterocycles. The summed E-state index contributed by atoms with van der Waals surface area (Å²) in [6.07, 6.45) is 7.61. The first-order valence-electron chi connectivity index (χ1n) is 8.35. The van der Waals surface area contributed by atoms with Crippen LogP contribution >= 0.6 is 0 Å². The van der Waals surface area contributed by atoms with Gasteiger partial charge in [0, 0.05) is 6.20 Å². The van der Waals surface area contributed by atoms with Gasteiger partial charge in [-0.1, -0.05) is 18.2 Å². The van der Waals surface area contributed by atoms with Crippen molar-refractivity contribution in [1.29, 1.82) is 0 Å². The fourth-order valence-corrected chi connectivity index (χ4v) is 4.26. The van der Waals surface area contributed by atoms with E-state index in [2.05, 4.69) is 22.5 Å². The van der Waals surface area contributed by atoms with Crippen LogP contribution in [0.25, 0.3) is 0 Å². The van der Waals surface area contributed by atoms with Crippen LogP contribution in [-0.2, 0) is 14.4 Å². The number of aromatic nitrogens is 1. The number of hydrogen-bond acceptors (Lipinski definition) is 4. The van der Waals surface area contributed by atoms with Crippen LogP contribution in [0.3, 0.4) is 0 Å². The molecule has 0 radical (unpaired) electrons. The summed E-state index contributed by atoms with van der Waals surface area (Å²) >= 11 is 0. The second kappa shape index (κ2) is 5.54. The minimum atomic E-state index is -0.836. The fraction of sp³-hybridized carbons (Fsp3) is 0.444. The van der Waals surface area contributed by atoms with Crippen molar-refractivity contribution in [2.24, 2.45) is 23.7 Å². The number of anilines is 1. The number of hydrogen-bond donors (Lipinski definition) is 1. The van der Waals surface area contributed by atoms with E-state index in [0.717, 1.165) is 12.8 Å². The van der Waals surface area contributed by atoms with Crippen molar-refractivity contribution in [3.63, 3.8) is 0 Å². The smallest absolute Gasteiger partial charge is 0.248 e. The van der Waals surface area contributed by atoms with Gasteiger partial charge in [0.05, 0.1) is 11.8 Å². The Labute approximate surface area is 139 Å². The molecule has 0 spiro atoms. The van der Waals surface area contributed by atoms with Crippen molar-refractivity contribution >= 4 is 23.5 Å². The summed E-state index contributed by atoms with van der Waals surface area (Å²) in [4.78, 5) is 43.3. The van der Waals surface area contributed by atoms with Crippen LogP contribution in [0.1, 0.15) is 19.8 Å². The zero-order valence-electron chi connectivity index (χ0n) is 13.4. The highest BCUT2D eigenvalue weighted by atomic mass is 16.2. The van der Waals surface area contributed by atoms with E-state index in [1.54, 1.807) is 31.3 Å². The quantitative estimate of drug-likeness (QED) is 0.676. The number of nitrogens with zero attached hydrogens (tertiary/aromatic N) is 2. The van der Waals surface area contributed by atoms with Gasteiger partial charge < -0.3 is 5.32 Å². The van der Waals surface area contributed by atoms with E-state index in [4.69, 9.17) is 0 Å². The summed E-state index contributed by atoms with van der Waals surface area (Å²) in [6, 6.07) is 4.34. The highest BCUT2D eigenvalue weighted by Crippen LogP contribution is 2.49. The molecule has 2 bridgehead atoms. The van der Waals surface area contributed by atoms with Gasteiger partial charge in [-0.15, -0.1) is 0 Å². The maximum Gasteiger partial charge on any atom is 0.248 e. The van der Waals surface area contributed by atoms with Crippen LogP contribution in [0.2, 0.25) is 0 Å². The molecular weight excluding hydrogens is 306 g/mol. The molecule has 1 aromatic heterocycles. The molecule has 24 heavy (non-hydrogen) atoms. The molecule has 6 nitrogen and oxygen atoms in total. The second-order valence-electron chi connectivity index (χ2n) is 6.77. The standard InChI is InChI=1S/C18H19N3O3/c1-10(16(22)20-13-4-2-3-9-19-13)21-17(23)14-11-5-6-12(8-7-11)15(14)18(21)24/h2-6,9-12,14-15H,7-8H2,1H3,(H,19,20,22)/t10-,11+,12+,14+,15+/m1/s1. The molecule has 1 saturated carbocycles. The van der Waals surface area contributed by atoms with Gasteiger partial charge in [0.2, 0.25) is 17.7 Å². The minimum Gasteiger partial charge on any atom is -0.309 e. The van der Waals surface area contributed by atoms with E-state index >= 15 is 0 Å². The fourth-order valence-electron chi connectivity index (χ4n) is 4.26. The predicted molar refractivity (Wildman–Crippen MR) is 86.5 cm³/mol. The number of pyridine rings is 1. The van der Waals surface area contributed by atoms with Crippen LogP contribution in [0.4, 0.5) is 5.82 Å². The third-order valence-electron chi connectivity index (χ3n) is 5.48. The number of amides is 3. The van der Waals surface area contributed by atoms with Gasteiger partial charge in [-0.2, -0.15) is 0 Å². The molecule has 1 aliphatic heterocycles. The third-order valence-corrected chi connectivity index (χ3v) is 5.48. The molecule has 3 amide bonds. The molecule has 4 aliphatic rings. The summed E-state index contributed by atoms with van der Waals surface area (Å²) in [5.41, 5.74) is 0. The molecule has 5 rings (SSSR count). The molecule has 6 heteroatoms. The number of nitrogens with one attached hydrogen (secondary N) is 1. The first kappa shape index (κ1) is 15.1. The van der Waals surface area contributed by atoms with Crippen LogP contribution in [-0.4, -0.2) is 33.6 Å². The molecule has 0 aromatic carbocycles. The Bertz CT molecular complexity index is 698. The Hall–Kier alpha value is -2.50. The van der Waals surface area contributed by atoms with E-state index in [9.17, 15) is 14.4 Å². The average Bonchev–Trinajstić information content (AvgIpc) is 2.89. The van der Waals surface area contributed by atoms with Gasteiger partial charge in [0.1, 0.15) is 11.9 Å². The van der Waals surface area contributed by atoms with Crippen molar-refractivity contribution in [3.05, 3.63) is 36.5 Å². The zero-order chi connectivity index (χ0) is 16.8. The van der Waals surface area contributed by atoms with Crippen molar-refractivity contribution in [2.75, 3.05) is 5.32 Å². The van der Waals surface area contributed by atoms with Crippen molar-refractivity contribution in [3.8, 4) is 0 Å². The largest absolute Gasteiger partial charge is 0.309 e. The van der Waals surface area contributed by atoms with Gasteiger partial charge in [0.15, 0.2) is 0 Å². The van der Waals surface area contributed by atoms with Crippen molar-refractivity contribution in [2.45, 2.75) is 25.8 Å². The van der Waals surface area contributed by atoms with E-state index in [-0.39, 0.29) is 35.5 Å². The Balaban J connectivity index is 1.55. The highest BCUT2D eigenvalue weighted by Gasteiger charge is 2.58. The van der Waals surface area contributed by atoms with Crippen molar-refractivity contribution < 1.29 is 14.4 Å². The van der Waals surface area contributed by atoms with Gasteiger partial charge in [-0.05, 0) is 43.7 Å². The highest BCUT2D eigenvalue weighted by molar-refractivity contribution is 6.10. The van der Waals surface area contributed by atoms with Crippen LogP contribution in [0, 0.1) is 23.7 Å². The number of carbonyl (C=O) groups is 3. The Morgan fingerprint density at radius 1 is 1.17 bits per heavy atom. The summed E-state index contributed by atoms with van der Waals surface area (Å²) < 4.78 is 0. The molecule has 124 valence electrons. The molecule has 1 N–H and O–H groups in total. The number of likely N-dealkylation sites (tertiary alicyclic amines) is 1. The lowest BCUT2D eigenvalue weighted by Crippen LogP contribution is -2.46. The molecule has 3 aliphatic carbocycles. The number of fused-ring (bicyclic) bond motifs is 1. The average molecular weight is 325 g/mol. The van der Waals surface area contributed by atoms with Gasteiger partial charge in [-0.25, -0.2) is 4.98 Å². The molecule has 1 saturated heterocycles. The Morgan fingerprint density at radius 2 is 1.79 bits per heavy atom. The lowest BCUT2D eigenvalue weighted by molar-refractivity contribution is -0.146. The predicted octanol–water partition coefficient (Wildman–Crippen LogP) is 1.61. The monoisotopic (exact) mass is 325 g/mol. The summed E-state index contributed by atoms with van der Waals surface area (Å²) in [5, 5.41) is 2.67. The maximum absolute atomic E-state index is 12.8. The second-order valence-corrected chi connectivity index (χ2v) is 6.77. The topological polar surface area (TPSA) is 79.4 Å². The van der Waals surface area contributed by atoms with Gasteiger partial charge in [-0.3, -0.25) is 19.3 Å². The molecule has 2 fully saturated rings. The maximum atomic E-state index is 12.8. The Kier molecular flexibility index (Phi) is 3.48. The number of allylic oxidation sites excluding steroid dienone is 2. The summed E-state index contributed by atoms with van der Waals surface area (Å²) in [5.74, 6) is -0.694. The van der Waals surface area contributed by atoms with E-state index in [1.807, 2.05) is 0 Å². The summed E-state index contributed by atoms with van der Waals surface area (Å²) in [6.45, 7) is 1.60. The van der Waals surface area contributed by atoms with Crippen LogP contribution in [0.5, 0.6) is 0 Å². The summed E-state index contributed by atoms with van der Waals surface area (Å²) in [7, 11) is 0. The first-order valence-corrected chi connectivity index (χ1v) is 8.35. The molecule has 0 unspecified atom stereocenters. The van der Waals surface area contributed by atoms with Gasteiger partial charge >= 0.3 is 0 Å². The first-order chi connectivity index (χ1) is 11.6. The number of imide groups is 1. The Morgan fingerprint density at radius 3 is 2.29 bits per heavy atom. The van der Waals surface area contributed by atoms with E-state index in [0.29, 0.717) is 5.82 Å². The van der Waals surface area contributed by atoms with Crippen LogP contribution < -0.4 is 5.32 Å². The third kappa shape index (κ3) is 2.17. The minimum absolute atomic E-state index is 0.132. The van der Waals surface area contributed by atoms with E-state index in [1.165, 1.54) is 4.90 Å². The normalized spacial score (nSPS) is 32.0. The lowest BCUT2D eigenvalue weighted by atomic mass is 9.63. The molecule has 1 aromatic rings. The molecule has 5 atom stereocenters. The number of rotatable bonds is 3. The van der Waals surface area contributed by atoms with E-state index < -0.39 is 11.9 Å². The molecular formula is C18H19N3O3. The lowest BCUT2D eigenvalue weighted by Gasteiger charge is -2.38. The van der Waals surface area contributed by atoms with Crippen molar-refractivity contribution in [1.82, 2.24) is 9.88 Å².